The lowest BCUT2D eigenvalue weighted by Crippen LogP contribution is -2.31. The predicted octanol–water partition coefficient (Wildman–Crippen LogP) is -1.47. The molecule has 0 unspecified atom stereocenters. The molecule has 0 saturated carbocycles. The molecule has 0 rings (SSSR count). The number of rotatable bonds is 6. The van der Waals surface area contributed by atoms with Crippen molar-refractivity contribution in [2.45, 2.75) is 0 Å². The largest absolute Gasteiger partial charge is 0.408 e. The summed E-state index contributed by atoms with van der Waals surface area (Å²) in [7, 11) is -4.40. The molecule has 0 heterocycles. The van der Waals surface area contributed by atoms with Crippen LogP contribution in [-0.2, 0) is 18.8 Å². The molecule has 9 heteroatoms. The van der Waals surface area contributed by atoms with Crippen LogP contribution < -0.4 is 11.1 Å². The Morgan fingerprint density at radius 1 is 1.62 bits per heavy atom. The molecule has 0 aliphatic rings. The molecule has 0 aliphatic heterocycles. The van der Waals surface area contributed by atoms with E-state index >= 15 is 0 Å². The summed E-state index contributed by atoms with van der Waals surface area (Å²) in [4.78, 5) is 10.5. The fourth-order valence-corrected chi connectivity index (χ4v) is 1.34. The smallest absolute Gasteiger partial charge is 0.354 e. The predicted molar refractivity (Wildman–Crippen MR) is 47.2 cm³/mol. The molecule has 0 aliphatic carbocycles. The second kappa shape index (κ2) is 6.16. The molecule has 4 N–H and O–H groups in total. The minimum absolute atomic E-state index is 0.121. The SMILES string of the molecule is NCC(=O)NCCSOS(=O)(=O)O. The van der Waals surface area contributed by atoms with Gasteiger partial charge in [-0.2, -0.15) is 12.0 Å². The van der Waals surface area contributed by atoms with Gasteiger partial charge in [-0.05, 0) is 0 Å². The van der Waals surface area contributed by atoms with Gasteiger partial charge < -0.3 is 11.1 Å². The summed E-state index contributed by atoms with van der Waals surface area (Å²) in [6.45, 7) is 0.0973. The number of amides is 1. The van der Waals surface area contributed by atoms with E-state index in [2.05, 4.69) is 8.95 Å². The van der Waals surface area contributed by atoms with Crippen LogP contribution in [0, 0.1) is 0 Å². The highest BCUT2D eigenvalue weighted by molar-refractivity contribution is 8.02. The van der Waals surface area contributed by atoms with Crippen molar-refractivity contribution in [3.05, 3.63) is 0 Å². The Balaban J connectivity index is 3.33. The van der Waals surface area contributed by atoms with Crippen molar-refractivity contribution < 1.29 is 21.4 Å². The van der Waals surface area contributed by atoms with E-state index < -0.39 is 10.4 Å². The van der Waals surface area contributed by atoms with Gasteiger partial charge in [0, 0.05) is 24.3 Å². The van der Waals surface area contributed by atoms with E-state index in [1.54, 1.807) is 0 Å². The van der Waals surface area contributed by atoms with Crippen LogP contribution in [0.4, 0.5) is 0 Å². The first-order valence-corrected chi connectivity index (χ1v) is 5.48. The minimum atomic E-state index is -4.40. The monoisotopic (exact) mass is 230 g/mol. The van der Waals surface area contributed by atoms with Gasteiger partial charge in [-0.1, -0.05) is 0 Å². The third-order valence-electron chi connectivity index (χ3n) is 0.827. The molecule has 0 fully saturated rings. The number of hydrogen-bond donors (Lipinski definition) is 3. The van der Waals surface area contributed by atoms with Gasteiger partial charge in [-0.3, -0.25) is 9.35 Å². The quantitative estimate of drug-likeness (QED) is 0.289. The molecule has 7 nitrogen and oxygen atoms in total. The molecule has 0 aromatic rings. The Morgan fingerprint density at radius 3 is 2.69 bits per heavy atom. The first-order chi connectivity index (χ1) is 5.95. The topological polar surface area (TPSA) is 119 Å². The van der Waals surface area contributed by atoms with Gasteiger partial charge in [0.2, 0.25) is 5.91 Å². The van der Waals surface area contributed by atoms with Crippen LogP contribution in [0.2, 0.25) is 0 Å². The summed E-state index contributed by atoms with van der Waals surface area (Å²) in [5.74, 6) is -0.140. The standard InChI is InChI=1S/C4H10N2O5S2/c5-3-4(7)6-1-2-12-11-13(8,9)10/h1-3,5H2,(H,6,7)(H,8,9,10). The lowest BCUT2D eigenvalue weighted by molar-refractivity contribution is -0.119. The van der Waals surface area contributed by atoms with Crippen LogP contribution >= 0.6 is 12.0 Å². The highest BCUT2D eigenvalue weighted by Gasteiger charge is 2.04. The van der Waals surface area contributed by atoms with Crippen molar-refractivity contribution in [1.29, 1.82) is 0 Å². The summed E-state index contributed by atoms with van der Waals surface area (Å²) in [5.41, 5.74) is 4.97. The Hall–Kier alpha value is -0.350. The molecule has 1 amide bonds. The number of nitrogens with two attached hydrogens (primary N) is 1. The molecule has 0 aromatic carbocycles. The zero-order valence-corrected chi connectivity index (χ0v) is 8.23. The van der Waals surface area contributed by atoms with Crippen LogP contribution in [0.1, 0.15) is 0 Å². The Labute approximate surface area is 80.2 Å². The number of carbonyl (C=O) groups is 1. The van der Waals surface area contributed by atoms with E-state index in [9.17, 15) is 13.2 Å². The van der Waals surface area contributed by atoms with Crippen molar-refractivity contribution in [1.82, 2.24) is 5.32 Å². The lowest BCUT2D eigenvalue weighted by Gasteiger charge is -2.01. The molecular weight excluding hydrogens is 220 g/mol. The molecule has 13 heavy (non-hydrogen) atoms. The summed E-state index contributed by atoms with van der Waals surface area (Å²) in [6, 6.07) is 0. The van der Waals surface area contributed by atoms with Gasteiger partial charge in [0.15, 0.2) is 0 Å². The van der Waals surface area contributed by atoms with Crippen molar-refractivity contribution in [3.63, 3.8) is 0 Å². The maximum absolute atomic E-state index is 10.5. The molecule has 0 saturated heterocycles. The number of carbonyl (C=O) groups excluding carboxylic acids is 1. The average Bonchev–Trinajstić information content (AvgIpc) is 2.01. The Bertz CT molecular complexity index is 251. The molecule has 0 spiro atoms. The summed E-state index contributed by atoms with van der Waals surface area (Å²) in [5, 5.41) is 2.38. The van der Waals surface area contributed by atoms with Gasteiger partial charge in [-0.15, -0.1) is 0 Å². The van der Waals surface area contributed by atoms with Gasteiger partial charge in [0.1, 0.15) is 0 Å². The van der Waals surface area contributed by atoms with Crippen molar-refractivity contribution >= 4 is 28.3 Å². The third-order valence-corrected chi connectivity index (χ3v) is 2.27. The van der Waals surface area contributed by atoms with Gasteiger partial charge in [-0.25, -0.2) is 0 Å². The van der Waals surface area contributed by atoms with Gasteiger partial charge in [0.05, 0.1) is 6.54 Å². The second-order valence-corrected chi connectivity index (χ2v) is 3.92. The highest BCUT2D eigenvalue weighted by Crippen LogP contribution is 2.04. The number of nitrogens with one attached hydrogen (secondary N) is 1. The molecule has 0 radical (unpaired) electrons. The van der Waals surface area contributed by atoms with E-state index in [4.69, 9.17) is 10.3 Å². The molecule has 0 aromatic heterocycles. The van der Waals surface area contributed by atoms with Gasteiger partial charge in [0.25, 0.3) is 0 Å². The van der Waals surface area contributed by atoms with E-state index in [1.807, 2.05) is 0 Å². The van der Waals surface area contributed by atoms with Crippen LogP contribution in [0.5, 0.6) is 0 Å². The molecule has 0 bridgehead atoms. The van der Waals surface area contributed by atoms with Crippen molar-refractivity contribution in [3.8, 4) is 0 Å². The molecular formula is C4H10N2O5S2. The second-order valence-electron chi connectivity index (χ2n) is 1.87. The van der Waals surface area contributed by atoms with E-state index in [1.165, 1.54) is 0 Å². The first-order valence-electron chi connectivity index (χ1n) is 3.21. The van der Waals surface area contributed by atoms with E-state index in [-0.39, 0.29) is 24.7 Å². The summed E-state index contributed by atoms with van der Waals surface area (Å²) >= 11 is 0.519. The maximum Gasteiger partial charge on any atom is 0.408 e. The Morgan fingerprint density at radius 2 is 2.23 bits per heavy atom. The van der Waals surface area contributed by atoms with Crippen LogP contribution in [0.25, 0.3) is 0 Å². The van der Waals surface area contributed by atoms with Crippen molar-refractivity contribution in [2.75, 3.05) is 18.8 Å². The lowest BCUT2D eigenvalue weighted by atomic mass is 10.6. The van der Waals surface area contributed by atoms with Crippen LogP contribution in [0.15, 0.2) is 0 Å². The maximum atomic E-state index is 10.5. The van der Waals surface area contributed by atoms with E-state index in [0.29, 0.717) is 12.0 Å². The zero-order chi connectivity index (χ0) is 10.3. The summed E-state index contributed by atoms with van der Waals surface area (Å²) < 4.78 is 32.0. The first kappa shape index (κ1) is 12.7. The minimum Gasteiger partial charge on any atom is -0.354 e. The third kappa shape index (κ3) is 9.56. The molecule has 0 atom stereocenters. The average molecular weight is 230 g/mol. The summed E-state index contributed by atoms with van der Waals surface area (Å²) in [6.07, 6.45) is 0. The van der Waals surface area contributed by atoms with E-state index in [0.717, 1.165) is 0 Å². The molecule has 78 valence electrons. The van der Waals surface area contributed by atoms with Crippen molar-refractivity contribution in [2.24, 2.45) is 5.73 Å². The zero-order valence-electron chi connectivity index (χ0n) is 6.60. The van der Waals surface area contributed by atoms with Gasteiger partial charge >= 0.3 is 10.4 Å². The fraction of sp³-hybridized carbons (Fsp3) is 0.750. The Kier molecular flexibility index (Phi) is 5.99. The normalized spacial score (nSPS) is 11.2. The van der Waals surface area contributed by atoms with Crippen LogP contribution in [0.3, 0.4) is 0 Å². The highest BCUT2D eigenvalue weighted by atomic mass is 32.3. The number of hydrogen-bond acceptors (Lipinski definition) is 6. The van der Waals surface area contributed by atoms with Crippen LogP contribution in [-0.4, -0.2) is 37.7 Å². The fourth-order valence-electron chi connectivity index (χ4n) is 0.399.